The predicted octanol–water partition coefficient (Wildman–Crippen LogP) is 4.14. The van der Waals surface area contributed by atoms with Gasteiger partial charge in [0.1, 0.15) is 17.7 Å². The number of benzene rings is 3. The monoisotopic (exact) mass is 404 g/mol. The van der Waals surface area contributed by atoms with E-state index >= 15 is 0 Å². The Morgan fingerprint density at radius 1 is 0.667 bits per heavy atom. The van der Waals surface area contributed by atoms with Crippen molar-refractivity contribution in [3.05, 3.63) is 83.4 Å². The third kappa shape index (κ3) is 3.72. The number of rotatable bonds is 6. The third-order valence-corrected chi connectivity index (χ3v) is 5.12. The first kappa shape index (κ1) is 19.5. The highest BCUT2D eigenvalue weighted by atomic mass is 16.5. The lowest BCUT2D eigenvalue weighted by Crippen LogP contribution is -2.23. The largest absolute Gasteiger partial charge is 0.504 e. The maximum absolute atomic E-state index is 9.94. The van der Waals surface area contributed by atoms with Gasteiger partial charge in [-0.25, -0.2) is 0 Å². The van der Waals surface area contributed by atoms with Gasteiger partial charge in [0.05, 0.1) is 32.7 Å². The average molecular weight is 404 g/mol. The van der Waals surface area contributed by atoms with Crippen molar-refractivity contribution in [3.63, 3.8) is 0 Å². The molecular weight excluding hydrogens is 380 g/mol. The highest BCUT2D eigenvalue weighted by molar-refractivity contribution is 5.91. The summed E-state index contributed by atoms with van der Waals surface area (Å²) in [6, 6.07) is 21.2. The van der Waals surface area contributed by atoms with Crippen LogP contribution in [0.1, 0.15) is 22.9 Å². The first-order valence-corrected chi connectivity index (χ1v) is 9.56. The minimum atomic E-state index is -0.186. The fourth-order valence-electron chi connectivity index (χ4n) is 3.48. The summed E-state index contributed by atoms with van der Waals surface area (Å²) in [5.41, 5.74) is 4.95. The quantitative estimate of drug-likeness (QED) is 0.574. The maximum Gasteiger partial charge on any atom is 0.160 e. The zero-order valence-electron chi connectivity index (χ0n) is 17.1. The molecule has 0 aliphatic carbocycles. The molecule has 3 aromatic carbocycles. The Kier molecular flexibility index (Phi) is 5.39. The van der Waals surface area contributed by atoms with Crippen LogP contribution in [0.25, 0.3) is 11.4 Å². The highest BCUT2D eigenvalue weighted by Gasteiger charge is 2.26. The molecule has 3 aromatic rings. The molecule has 6 heteroatoms. The van der Waals surface area contributed by atoms with Crippen LogP contribution in [0.15, 0.2) is 66.7 Å². The van der Waals surface area contributed by atoms with Crippen molar-refractivity contribution in [2.24, 2.45) is 0 Å². The van der Waals surface area contributed by atoms with Crippen molar-refractivity contribution >= 4 is 11.4 Å². The number of hydrogen-bond acceptors (Lipinski definition) is 6. The van der Waals surface area contributed by atoms with Gasteiger partial charge in [0.25, 0.3) is 0 Å². The van der Waals surface area contributed by atoms with Gasteiger partial charge in [-0.05, 0) is 66.2 Å². The van der Waals surface area contributed by atoms with Crippen LogP contribution in [0, 0.1) is 0 Å². The smallest absolute Gasteiger partial charge is 0.160 e. The van der Waals surface area contributed by atoms with Crippen LogP contribution in [-0.4, -0.2) is 26.4 Å². The summed E-state index contributed by atoms with van der Waals surface area (Å²) in [6.07, 6.45) is -0.186. The van der Waals surface area contributed by atoms with E-state index in [1.807, 2.05) is 60.7 Å². The summed E-state index contributed by atoms with van der Waals surface area (Å²) < 4.78 is 15.9. The van der Waals surface area contributed by atoms with Crippen LogP contribution in [0.4, 0.5) is 0 Å². The Bertz CT molecular complexity index is 1000. The van der Waals surface area contributed by atoms with Gasteiger partial charge in [0.2, 0.25) is 0 Å². The number of hydrogen-bond donors (Lipinski definition) is 3. The minimum Gasteiger partial charge on any atom is -0.504 e. The van der Waals surface area contributed by atoms with Gasteiger partial charge in [-0.1, -0.05) is 6.07 Å². The Morgan fingerprint density at radius 3 is 1.60 bits per heavy atom. The molecule has 0 saturated heterocycles. The molecule has 3 N–H and O–H groups in total. The van der Waals surface area contributed by atoms with Gasteiger partial charge >= 0.3 is 0 Å². The second kappa shape index (κ2) is 8.29. The lowest BCUT2D eigenvalue weighted by molar-refractivity contribution is 0.372. The summed E-state index contributed by atoms with van der Waals surface area (Å²) in [5, 5.41) is 17.1. The molecule has 4 rings (SSSR count). The second-order valence-corrected chi connectivity index (χ2v) is 6.86. The topological polar surface area (TPSA) is 72.0 Å². The number of methoxy groups -OCH3 is 3. The molecule has 0 bridgehead atoms. The normalized spacial score (nSPS) is 13.6. The summed E-state index contributed by atoms with van der Waals surface area (Å²) in [7, 11) is 4.85. The molecule has 1 aliphatic heterocycles. The van der Waals surface area contributed by atoms with Crippen molar-refractivity contribution in [1.29, 1.82) is 0 Å². The van der Waals surface area contributed by atoms with Gasteiger partial charge in [-0.2, -0.15) is 0 Å². The van der Waals surface area contributed by atoms with E-state index in [2.05, 4.69) is 10.6 Å². The van der Waals surface area contributed by atoms with Crippen LogP contribution in [0.2, 0.25) is 0 Å². The summed E-state index contributed by atoms with van der Waals surface area (Å²) in [6.45, 7) is 0. The van der Waals surface area contributed by atoms with E-state index in [4.69, 9.17) is 14.2 Å². The molecule has 1 aliphatic rings. The highest BCUT2D eigenvalue weighted by Crippen LogP contribution is 2.36. The molecule has 0 amide bonds. The summed E-state index contributed by atoms with van der Waals surface area (Å²) in [5.74, 6) is 2.14. The van der Waals surface area contributed by atoms with Crippen LogP contribution < -0.4 is 24.8 Å². The number of phenols is 1. The van der Waals surface area contributed by atoms with Gasteiger partial charge < -0.3 is 30.0 Å². The number of phenolic OH excluding ortho intramolecular Hbond substituents is 1. The van der Waals surface area contributed by atoms with E-state index < -0.39 is 0 Å². The van der Waals surface area contributed by atoms with E-state index in [1.54, 1.807) is 20.3 Å². The molecule has 0 unspecified atom stereocenters. The number of ether oxygens (including phenoxy) is 3. The zero-order valence-corrected chi connectivity index (χ0v) is 17.1. The van der Waals surface area contributed by atoms with Crippen molar-refractivity contribution in [2.75, 3.05) is 21.3 Å². The predicted molar refractivity (Wildman–Crippen MR) is 116 cm³/mol. The van der Waals surface area contributed by atoms with Crippen molar-refractivity contribution < 1.29 is 19.3 Å². The number of aromatic hydroxyl groups is 1. The van der Waals surface area contributed by atoms with Crippen LogP contribution in [-0.2, 0) is 0 Å². The zero-order chi connectivity index (χ0) is 21.1. The maximum atomic E-state index is 9.94. The second-order valence-electron chi connectivity index (χ2n) is 6.86. The molecule has 0 atom stereocenters. The van der Waals surface area contributed by atoms with Crippen molar-refractivity contribution in [2.45, 2.75) is 6.17 Å². The van der Waals surface area contributed by atoms with Crippen LogP contribution >= 0.6 is 0 Å². The standard InChI is InChI=1S/C24H24N2O4/c1-28-18-9-4-15(5-10-18)22-23(16-6-11-19(29-2)12-7-16)26-24(25-22)17-8-13-20(27)21(14-17)30-3/h4-14,24-27H,1-3H3. The van der Waals surface area contributed by atoms with E-state index in [9.17, 15) is 5.11 Å². The Hall–Kier alpha value is -3.80. The molecular formula is C24H24N2O4. The van der Waals surface area contributed by atoms with E-state index in [-0.39, 0.29) is 11.9 Å². The fraction of sp³-hybridized carbons (Fsp3) is 0.167. The van der Waals surface area contributed by atoms with Crippen molar-refractivity contribution in [3.8, 4) is 23.0 Å². The number of nitrogens with one attached hydrogen (secondary N) is 2. The molecule has 0 aromatic heterocycles. The first-order valence-electron chi connectivity index (χ1n) is 9.56. The fourth-order valence-corrected chi connectivity index (χ4v) is 3.48. The van der Waals surface area contributed by atoms with E-state index in [0.29, 0.717) is 5.75 Å². The van der Waals surface area contributed by atoms with Gasteiger partial charge in [0.15, 0.2) is 11.5 Å². The van der Waals surface area contributed by atoms with E-state index in [1.165, 1.54) is 7.11 Å². The molecule has 0 fully saturated rings. The molecule has 154 valence electrons. The van der Waals surface area contributed by atoms with E-state index in [0.717, 1.165) is 39.6 Å². The van der Waals surface area contributed by atoms with Gasteiger partial charge in [-0.3, -0.25) is 0 Å². The molecule has 0 radical (unpaired) electrons. The first-order chi connectivity index (χ1) is 14.6. The molecule has 0 saturated carbocycles. The Labute approximate surface area is 175 Å². The Balaban J connectivity index is 1.73. The van der Waals surface area contributed by atoms with Gasteiger partial charge in [0, 0.05) is 11.1 Å². The minimum absolute atomic E-state index is 0.109. The molecule has 1 heterocycles. The SMILES string of the molecule is COc1ccc(C2=C(c3ccc(OC)cc3)NC(c3ccc(O)c(OC)c3)N2)cc1. The Morgan fingerprint density at radius 2 is 1.17 bits per heavy atom. The van der Waals surface area contributed by atoms with Crippen LogP contribution in [0.3, 0.4) is 0 Å². The summed E-state index contributed by atoms with van der Waals surface area (Å²) in [4.78, 5) is 0. The third-order valence-electron chi connectivity index (χ3n) is 5.12. The summed E-state index contributed by atoms with van der Waals surface area (Å²) >= 11 is 0. The molecule has 0 spiro atoms. The average Bonchev–Trinajstić information content (AvgIpc) is 3.25. The van der Waals surface area contributed by atoms with Crippen LogP contribution in [0.5, 0.6) is 23.0 Å². The van der Waals surface area contributed by atoms with Crippen molar-refractivity contribution in [1.82, 2.24) is 10.6 Å². The lowest BCUT2D eigenvalue weighted by atomic mass is 10.1. The molecule has 30 heavy (non-hydrogen) atoms. The lowest BCUT2D eigenvalue weighted by Gasteiger charge is -2.16. The molecule has 6 nitrogen and oxygen atoms in total. The van der Waals surface area contributed by atoms with Gasteiger partial charge in [-0.15, -0.1) is 0 Å².